The summed E-state index contributed by atoms with van der Waals surface area (Å²) in [5.41, 5.74) is 22.8. The van der Waals surface area contributed by atoms with E-state index < -0.39 is 0 Å². The van der Waals surface area contributed by atoms with Crippen LogP contribution in [0.1, 0.15) is 77.6 Å². The third-order valence-electron chi connectivity index (χ3n) is 5.87. The maximum absolute atomic E-state index is 5.03. The van der Waals surface area contributed by atoms with Crippen molar-refractivity contribution in [3.63, 3.8) is 0 Å². The van der Waals surface area contributed by atoms with Crippen LogP contribution in [0.3, 0.4) is 0 Å². The van der Waals surface area contributed by atoms with Crippen LogP contribution in [-0.4, -0.2) is 69.5 Å². The van der Waals surface area contributed by atoms with Crippen molar-refractivity contribution in [1.29, 1.82) is 0 Å². The van der Waals surface area contributed by atoms with Gasteiger partial charge in [0.1, 0.15) is 0 Å². The van der Waals surface area contributed by atoms with Crippen molar-refractivity contribution in [3.05, 3.63) is 92.5 Å². The maximum atomic E-state index is 5.03. The van der Waals surface area contributed by atoms with Crippen molar-refractivity contribution in [2.24, 2.45) is 20.4 Å². The van der Waals surface area contributed by atoms with Crippen LogP contribution >= 0.6 is 48.9 Å². The first-order valence-corrected chi connectivity index (χ1v) is 16.9. The molecule has 0 heterocycles. The third kappa shape index (κ3) is 20.7. The zero-order valence-corrected chi connectivity index (χ0v) is 39.3. The number of hydrogen-bond acceptors (Lipinski definition) is 8. The summed E-state index contributed by atoms with van der Waals surface area (Å²) >= 11 is 20.1. The summed E-state index contributed by atoms with van der Waals surface area (Å²) in [7, 11) is 0. The Morgan fingerprint density at radius 2 is 0.660 bits per heavy atom. The van der Waals surface area contributed by atoms with E-state index in [0.29, 0.717) is 20.4 Å². The maximum Gasteiger partial charge on any atom is 2.00 e. The molecule has 0 aromatic heterocycles. The van der Waals surface area contributed by atoms with Crippen molar-refractivity contribution in [3.8, 4) is 0 Å². The zero-order chi connectivity index (χ0) is 35.9. The van der Waals surface area contributed by atoms with E-state index in [1.54, 1.807) is 0 Å². The molecule has 0 bridgehead atoms. The molecule has 0 aliphatic rings. The Balaban J connectivity index is 0. The van der Waals surface area contributed by atoms with E-state index in [-0.39, 0.29) is 39.0 Å². The Bertz CT molecular complexity index is 1300. The summed E-state index contributed by atoms with van der Waals surface area (Å²) in [5.74, 6) is 0. The fraction of sp³-hybridized carbons (Fsp3) is 0.375. The van der Waals surface area contributed by atoms with Crippen LogP contribution < -0.4 is 21.3 Å². The van der Waals surface area contributed by atoms with E-state index in [2.05, 4.69) is 63.4 Å². The molecule has 0 atom stereocenters. The fourth-order valence-corrected chi connectivity index (χ4v) is 4.14. The average molecular weight is 856 g/mol. The topological polar surface area (TPSA) is 154 Å². The Hall–Kier alpha value is -2.87. The van der Waals surface area contributed by atoms with Crippen LogP contribution in [0.4, 0.5) is 0 Å². The van der Waals surface area contributed by atoms with E-state index in [1.807, 2.05) is 104 Å². The van der Waals surface area contributed by atoms with Gasteiger partial charge in [0, 0.05) is 43.3 Å². The monoisotopic (exact) mass is 852 g/mol. The van der Waals surface area contributed by atoms with Crippen molar-refractivity contribution in [2.75, 3.05) is 26.2 Å². The molecule has 0 aliphatic heterocycles. The molecular weight excluding hydrogens is 811 g/mol. The first kappa shape index (κ1) is 49.2. The zero-order valence-electron chi connectivity index (χ0n) is 30.1. The predicted molar refractivity (Wildman–Crippen MR) is 220 cm³/mol. The van der Waals surface area contributed by atoms with E-state index in [1.165, 1.54) is 0 Å². The van der Waals surface area contributed by atoms with Gasteiger partial charge in [-0.2, -0.15) is 0 Å². The first-order valence-electron chi connectivity index (χ1n) is 15.3. The van der Waals surface area contributed by atoms with Gasteiger partial charge >= 0.3 is 39.0 Å². The molecule has 0 aliphatic carbocycles. The van der Waals surface area contributed by atoms with Crippen LogP contribution in [0, 0.1) is 0 Å². The van der Waals surface area contributed by atoms with E-state index >= 15 is 0 Å². The van der Waals surface area contributed by atoms with Crippen molar-refractivity contribution < 1.29 is 39.0 Å². The average Bonchev–Trinajstić information content (AvgIpc) is 3.08. The van der Waals surface area contributed by atoms with Gasteiger partial charge in [-0.3, -0.25) is 20.4 Å². The van der Waals surface area contributed by atoms with Crippen LogP contribution in [0.25, 0.3) is 21.7 Å². The Morgan fingerprint density at radius 1 is 0.460 bits per heavy atom. The molecule has 0 unspecified atom stereocenters. The smallest absolute Gasteiger partial charge is 0.472 e. The molecule has 0 amide bonds. The minimum atomic E-state index is 0. The molecule has 12 nitrogen and oxygen atoms in total. The number of nitrogens with zero attached hydrogens (tertiary/aromatic N) is 8. The van der Waals surface area contributed by atoms with Crippen molar-refractivity contribution in [2.45, 2.75) is 55.4 Å². The fourth-order valence-electron chi connectivity index (χ4n) is 3.40. The van der Waals surface area contributed by atoms with Crippen molar-refractivity contribution in [1.82, 2.24) is 21.3 Å². The summed E-state index contributed by atoms with van der Waals surface area (Å²) < 4.78 is 0. The van der Waals surface area contributed by atoms with Gasteiger partial charge in [-0.1, -0.05) is 139 Å². The molecule has 0 radical (unpaired) electrons. The standard InChI is InChI=1S/2C16H24N6S2.2Zn/c2*1-5-17-15(23)21-19-11(3)13-8-7-9-14(10-13)12(4)20-22-16(24)18-6-2;;/h2*7-10H,5-6H2,1-4H3,(H4,17,18,21,22,23,24);;/q;;2*+2/p-4/b2*19-11-,20-12+;;. The molecule has 2 aromatic rings. The Labute approximate surface area is 344 Å². The first-order chi connectivity index (χ1) is 22.9. The van der Waals surface area contributed by atoms with Gasteiger partial charge in [0.2, 0.25) is 0 Å². The molecule has 0 saturated heterocycles. The molecule has 50 heavy (non-hydrogen) atoms. The third-order valence-corrected chi connectivity index (χ3v) is 6.78. The van der Waals surface area contributed by atoms with E-state index in [0.717, 1.165) is 71.3 Å². The summed E-state index contributed by atoms with van der Waals surface area (Å²) in [5, 5.41) is 29.8. The molecule has 4 N–H and O–H groups in total. The van der Waals surface area contributed by atoms with Gasteiger partial charge in [-0.15, -0.1) is 0 Å². The van der Waals surface area contributed by atoms with Gasteiger partial charge in [0.05, 0.1) is 0 Å². The minimum Gasteiger partial charge on any atom is -0.472 e. The number of rotatable bonds is 12. The van der Waals surface area contributed by atoms with E-state index in [4.69, 9.17) is 48.9 Å². The molecule has 2 aromatic carbocycles. The van der Waals surface area contributed by atoms with Gasteiger partial charge in [-0.05, 0) is 62.1 Å². The van der Waals surface area contributed by atoms with Crippen molar-refractivity contribution >= 4 is 92.2 Å². The Morgan fingerprint density at radius 3 is 0.840 bits per heavy atom. The quantitative estimate of drug-likeness (QED) is 0.0750. The van der Waals surface area contributed by atoms with Gasteiger partial charge in [0.25, 0.3) is 0 Å². The molecule has 0 fully saturated rings. The van der Waals surface area contributed by atoms with Gasteiger partial charge < -0.3 is 43.0 Å². The van der Waals surface area contributed by atoms with Crippen LogP contribution in [0.2, 0.25) is 0 Å². The number of hydrogen-bond donors (Lipinski definition) is 4. The number of benzene rings is 2. The van der Waals surface area contributed by atoms with Crippen LogP contribution in [0.5, 0.6) is 0 Å². The predicted octanol–water partition coefficient (Wildman–Crippen LogP) is 7.34. The van der Waals surface area contributed by atoms with E-state index in [9.17, 15) is 0 Å². The normalized spacial score (nSPS) is 11.2. The summed E-state index contributed by atoms with van der Waals surface area (Å²) in [6.07, 6.45) is 0. The number of thiocarbonyl (C=S) groups is 4. The molecule has 18 heteroatoms. The molecule has 260 valence electrons. The summed E-state index contributed by atoms with van der Waals surface area (Å²) in [6.45, 7) is 18.2. The second kappa shape index (κ2) is 28.8. The molecule has 2 rings (SSSR count). The van der Waals surface area contributed by atoms with Gasteiger partial charge in [-0.25, -0.2) is 0 Å². The summed E-state index contributed by atoms with van der Waals surface area (Å²) in [4.78, 5) is 0. The second-order valence-corrected chi connectivity index (χ2v) is 11.2. The van der Waals surface area contributed by atoms with Crippen LogP contribution in [-0.2, 0) is 39.0 Å². The number of nitrogens with one attached hydrogen (secondary N) is 4. The minimum absolute atomic E-state index is 0. The molecule has 0 spiro atoms. The second-order valence-electron chi connectivity index (χ2n) is 9.65. The summed E-state index contributed by atoms with van der Waals surface area (Å²) in [6, 6.07) is 15.7. The Kier molecular flexibility index (Phi) is 28.3. The largest absolute Gasteiger partial charge is 2.00 e. The SMILES string of the molecule is CCNC(=S)[N-]/N=C(/C)c1cccc(/C(C)=N/[N-]C(=S)NCC)c1.CCNC(=S)[N-]/N=C(/C)c1cccc(/C(C)=N/[N-]C(=S)NCC)c1.[Zn+2].[Zn+2]. The molecular formula is C32H44N12S4Zn2. The van der Waals surface area contributed by atoms with Crippen LogP contribution in [0.15, 0.2) is 68.9 Å². The molecule has 0 saturated carbocycles. The van der Waals surface area contributed by atoms with Gasteiger partial charge in [0.15, 0.2) is 0 Å².